The van der Waals surface area contributed by atoms with Crippen molar-refractivity contribution in [3.63, 3.8) is 0 Å². The highest BCUT2D eigenvalue weighted by Gasteiger charge is 2.24. The number of aliphatic imine (C=N–C) groups is 1. The molecule has 0 bridgehead atoms. The third-order valence-corrected chi connectivity index (χ3v) is 3.88. The summed E-state index contributed by atoms with van der Waals surface area (Å²) in [5.41, 5.74) is 1.51. The lowest BCUT2D eigenvalue weighted by Crippen LogP contribution is -2.24. The number of hydrogen-bond donors (Lipinski definition) is 1. The average Bonchev–Trinajstić information content (AvgIpc) is 2.73. The van der Waals surface area contributed by atoms with Gasteiger partial charge in [0.2, 0.25) is 11.8 Å². The number of amidine groups is 1. The first kappa shape index (κ1) is 14.6. The van der Waals surface area contributed by atoms with Crippen LogP contribution in [0.5, 0.6) is 0 Å². The Bertz CT molecular complexity index is 552. The summed E-state index contributed by atoms with van der Waals surface area (Å²) >= 11 is 1.43. The van der Waals surface area contributed by atoms with Gasteiger partial charge in [-0.3, -0.25) is 14.5 Å². The van der Waals surface area contributed by atoms with E-state index in [1.54, 1.807) is 24.1 Å². The lowest BCUT2D eigenvalue weighted by Gasteiger charge is -2.09. The number of benzene rings is 1. The zero-order valence-electron chi connectivity index (χ0n) is 11.7. The van der Waals surface area contributed by atoms with Crippen molar-refractivity contribution in [2.45, 2.75) is 13.8 Å². The quantitative estimate of drug-likeness (QED) is 0.930. The Balaban J connectivity index is 2.07. The van der Waals surface area contributed by atoms with Gasteiger partial charge in [0.25, 0.3) is 0 Å². The van der Waals surface area contributed by atoms with Crippen molar-refractivity contribution in [1.82, 2.24) is 4.90 Å². The molecule has 1 aliphatic heterocycles. The maximum absolute atomic E-state index is 11.6. The number of thioether (sulfide) groups is 1. The van der Waals surface area contributed by atoms with Crippen molar-refractivity contribution in [2.75, 3.05) is 18.1 Å². The Hall–Kier alpha value is -1.82. The summed E-state index contributed by atoms with van der Waals surface area (Å²) in [5.74, 6) is 0.442. The number of rotatable bonds is 3. The maximum atomic E-state index is 11.6. The van der Waals surface area contributed by atoms with Crippen LogP contribution in [0.4, 0.5) is 11.4 Å². The largest absolute Gasteiger partial charge is 0.326 e. The van der Waals surface area contributed by atoms with Gasteiger partial charge >= 0.3 is 0 Å². The molecular formula is C14H17N3O2S. The van der Waals surface area contributed by atoms with E-state index in [1.807, 2.05) is 26.0 Å². The van der Waals surface area contributed by atoms with Crippen LogP contribution in [0.3, 0.4) is 0 Å². The summed E-state index contributed by atoms with van der Waals surface area (Å²) in [6, 6.07) is 7.25. The van der Waals surface area contributed by atoms with Crippen molar-refractivity contribution in [3.05, 3.63) is 24.3 Å². The zero-order valence-corrected chi connectivity index (χ0v) is 12.5. The minimum atomic E-state index is -0.0514. The lowest BCUT2D eigenvalue weighted by atomic mass is 10.2. The van der Waals surface area contributed by atoms with Gasteiger partial charge < -0.3 is 5.32 Å². The molecule has 0 atom stereocenters. The highest BCUT2D eigenvalue weighted by molar-refractivity contribution is 8.15. The van der Waals surface area contributed by atoms with Crippen LogP contribution in [0.1, 0.15) is 13.8 Å². The van der Waals surface area contributed by atoms with Gasteiger partial charge in [-0.05, 0) is 24.3 Å². The molecule has 1 aromatic rings. The van der Waals surface area contributed by atoms with E-state index in [9.17, 15) is 9.59 Å². The van der Waals surface area contributed by atoms with Crippen molar-refractivity contribution in [1.29, 1.82) is 0 Å². The van der Waals surface area contributed by atoms with Gasteiger partial charge in [0, 0.05) is 18.7 Å². The molecule has 106 valence electrons. The summed E-state index contributed by atoms with van der Waals surface area (Å²) in [5, 5.41) is 3.52. The molecule has 2 amide bonds. The molecule has 1 aliphatic rings. The highest BCUT2D eigenvalue weighted by Crippen LogP contribution is 2.23. The molecule has 0 aliphatic carbocycles. The smallest absolute Gasteiger partial charge is 0.238 e. The summed E-state index contributed by atoms with van der Waals surface area (Å²) in [6.45, 7) is 3.69. The first-order valence-corrected chi connectivity index (χ1v) is 7.35. The predicted octanol–water partition coefficient (Wildman–Crippen LogP) is 2.47. The van der Waals surface area contributed by atoms with E-state index in [-0.39, 0.29) is 17.7 Å². The summed E-state index contributed by atoms with van der Waals surface area (Å²) < 4.78 is 0. The number of anilines is 1. The van der Waals surface area contributed by atoms with Gasteiger partial charge in [-0.15, -0.1) is 0 Å². The Labute approximate surface area is 122 Å². The second-order valence-electron chi connectivity index (χ2n) is 4.83. The molecule has 1 aromatic carbocycles. The highest BCUT2D eigenvalue weighted by atomic mass is 32.2. The molecule has 20 heavy (non-hydrogen) atoms. The zero-order chi connectivity index (χ0) is 14.7. The monoisotopic (exact) mass is 291 g/mol. The molecule has 0 saturated carbocycles. The molecule has 0 radical (unpaired) electrons. The number of nitrogens with one attached hydrogen (secondary N) is 1. The minimum absolute atomic E-state index is 0.0132. The Morgan fingerprint density at radius 2 is 2.00 bits per heavy atom. The third kappa shape index (κ3) is 3.39. The lowest BCUT2D eigenvalue weighted by molar-refractivity contribution is -0.123. The van der Waals surface area contributed by atoms with Crippen LogP contribution in [-0.4, -0.2) is 34.7 Å². The van der Waals surface area contributed by atoms with E-state index < -0.39 is 0 Å². The summed E-state index contributed by atoms with van der Waals surface area (Å²) in [6.07, 6.45) is 0. The second-order valence-corrected chi connectivity index (χ2v) is 5.77. The third-order valence-electron chi connectivity index (χ3n) is 2.87. The summed E-state index contributed by atoms with van der Waals surface area (Å²) in [4.78, 5) is 28.9. The molecule has 0 spiro atoms. The number of amides is 2. The van der Waals surface area contributed by atoms with Gasteiger partial charge in [-0.1, -0.05) is 25.6 Å². The van der Waals surface area contributed by atoms with Crippen LogP contribution in [0.15, 0.2) is 29.3 Å². The van der Waals surface area contributed by atoms with Crippen LogP contribution < -0.4 is 5.32 Å². The van der Waals surface area contributed by atoms with Gasteiger partial charge in [0.1, 0.15) is 0 Å². The van der Waals surface area contributed by atoms with E-state index in [1.165, 1.54) is 11.8 Å². The SMILES string of the molecule is CC(C)C(=O)Nc1ccc(N=C2SCC(=O)N2C)cc1. The molecule has 0 unspecified atom stereocenters. The fourth-order valence-corrected chi connectivity index (χ4v) is 2.46. The first-order valence-electron chi connectivity index (χ1n) is 6.36. The minimum Gasteiger partial charge on any atom is -0.326 e. The van der Waals surface area contributed by atoms with Crippen molar-refractivity contribution in [3.8, 4) is 0 Å². The van der Waals surface area contributed by atoms with Gasteiger partial charge in [0.05, 0.1) is 11.4 Å². The van der Waals surface area contributed by atoms with Crippen LogP contribution >= 0.6 is 11.8 Å². The molecule has 6 heteroatoms. The molecule has 1 heterocycles. The average molecular weight is 291 g/mol. The fraction of sp³-hybridized carbons (Fsp3) is 0.357. The van der Waals surface area contributed by atoms with Crippen molar-refractivity contribution in [2.24, 2.45) is 10.9 Å². The molecular weight excluding hydrogens is 274 g/mol. The van der Waals surface area contributed by atoms with Crippen molar-refractivity contribution < 1.29 is 9.59 Å². The first-order chi connectivity index (χ1) is 9.47. The molecule has 2 rings (SSSR count). The number of hydrogen-bond acceptors (Lipinski definition) is 4. The van der Waals surface area contributed by atoms with Gasteiger partial charge in [-0.2, -0.15) is 0 Å². The van der Waals surface area contributed by atoms with E-state index in [0.717, 1.165) is 11.4 Å². The Kier molecular flexibility index (Phi) is 4.44. The molecule has 5 nitrogen and oxygen atoms in total. The van der Waals surface area contributed by atoms with Crippen LogP contribution in [0.25, 0.3) is 0 Å². The van der Waals surface area contributed by atoms with Crippen LogP contribution in [0, 0.1) is 5.92 Å². The normalized spacial score (nSPS) is 17.1. The fourth-order valence-electron chi connectivity index (χ4n) is 1.55. The second kappa shape index (κ2) is 6.09. The topological polar surface area (TPSA) is 61.8 Å². The van der Waals surface area contributed by atoms with E-state index in [4.69, 9.17) is 0 Å². The molecule has 1 saturated heterocycles. The van der Waals surface area contributed by atoms with E-state index in [0.29, 0.717) is 10.9 Å². The van der Waals surface area contributed by atoms with Gasteiger partial charge in [-0.25, -0.2) is 4.99 Å². The molecule has 1 fully saturated rings. The van der Waals surface area contributed by atoms with Crippen molar-refractivity contribution >= 4 is 40.1 Å². The van der Waals surface area contributed by atoms with Crippen LogP contribution in [-0.2, 0) is 9.59 Å². The number of carbonyl (C=O) groups is 2. The standard InChI is InChI=1S/C14H17N3O2S/c1-9(2)13(19)15-10-4-6-11(7-5-10)16-14-17(3)12(18)8-20-14/h4-7,9H,8H2,1-3H3,(H,15,19). The Morgan fingerprint density at radius 1 is 1.35 bits per heavy atom. The van der Waals surface area contributed by atoms with Gasteiger partial charge in [0.15, 0.2) is 5.17 Å². The number of carbonyl (C=O) groups excluding carboxylic acids is 2. The summed E-state index contributed by atoms with van der Waals surface area (Å²) in [7, 11) is 1.72. The van der Waals surface area contributed by atoms with E-state index >= 15 is 0 Å². The molecule has 1 N–H and O–H groups in total. The maximum Gasteiger partial charge on any atom is 0.238 e. The number of nitrogens with zero attached hydrogens (tertiary/aromatic N) is 2. The van der Waals surface area contributed by atoms with Crippen LogP contribution in [0.2, 0.25) is 0 Å². The Morgan fingerprint density at radius 3 is 2.50 bits per heavy atom. The van der Waals surface area contributed by atoms with E-state index in [2.05, 4.69) is 10.3 Å². The molecule has 0 aromatic heterocycles. The predicted molar refractivity (Wildman–Crippen MR) is 82.2 cm³/mol.